The summed E-state index contributed by atoms with van der Waals surface area (Å²) in [5.41, 5.74) is 15.8. The average molecular weight is 731 g/mol. The molecule has 3 heterocycles. The second kappa shape index (κ2) is 13.1. The van der Waals surface area contributed by atoms with Crippen LogP contribution in [0.1, 0.15) is 18.1 Å². The summed E-state index contributed by atoms with van der Waals surface area (Å²) in [6, 6.07) is 67.6. The highest BCUT2D eigenvalue weighted by atomic mass is 15.3. The molecule has 4 nitrogen and oxygen atoms in total. The van der Waals surface area contributed by atoms with Gasteiger partial charge in [0.25, 0.3) is 0 Å². The van der Waals surface area contributed by atoms with Gasteiger partial charge in [0.1, 0.15) is 0 Å². The van der Waals surface area contributed by atoms with E-state index in [0.29, 0.717) is 0 Å². The molecule has 57 heavy (non-hydrogen) atoms. The highest BCUT2D eigenvalue weighted by Crippen LogP contribution is 2.42. The van der Waals surface area contributed by atoms with E-state index in [2.05, 4.69) is 216 Å². The van der Waals surface area contributed by atoms with Gasteiger partial charge in [-0.05, 0) is 94.9 Å². The summed E-state index contributed by atoms with van der Waals surface area (Å²) in [6.45, 7) is 6.87. The van der Waals surface area contributed by atoms with E-state index >= 15 is 0 Å². The van der Waals surface area contributed by atoms with Gasteiger partial charge in [0, 0.05) is 32.8 Å². The van der Waals surface area contributed by atoms with E-state index in [0.717, 1.165) is 46.0 Å². The van der Waals surface area contributed by atoms with E-state index in [1.54, 1.807) is 0 Å². The molecule has 0 amide bonds. The Labute approximate surface area is 331 Å². The molecule has 1 aliphatic rings. The number of rotatable bonds is 5. The number of aromatic nitrogens is 2. The van der Waals surface area contributed by atoms with Crippen LogP contribution in [0.5, 0.6) is 0 Å². The third-order valence-electron chi connectivity index (χ3n) is 11.6. The molecule has 0 N–H and O–H groups in total. The molecule has 11 rings (SSSR count). The zero-order valence-corrected chi connectivity index (χ0v) is 31.6. The van der Waals surface area contributed by atoms with Crippen molar-refractivity contribution in [1.82, 2.24) is 9.13 Å². The summed E-state index contributed by atoms with van der Waals surface area (Å²) >= 11 is 0. The fourth-order valence-electron chi connectivity index (χ4n) is 8.88. The molecule has 0 unspecified atom stereocenters. The minimum Gasteiger partial charge on any atom is -0.309 e. The maximum absolute atomic E-state index is 5.39. The number of aryl methyl sites for hydroxylation is 1. The van der Waals surface area contributed by atoms with Crippen molar-refractivity contribution in [3.8, 4) is 27.9 Å². The number of hydrogen-bond acceptors (Lipinski definition) is 2. The number of aliphatic imine (C=N–C) groups is 1. The highest BCUT2D eigenvalue weighted by Gasteiger charge is 2.30. The van der Waals surface area contributed by atoms with Crippen molar-refractivity contribution in [3.63, 3.8) is 0 Å². The Hall–Kier alpha value is -7.43. The topological polar surface area (TPSA) is 25.5 Å². The Kier molecular flexibility index (Phi) is 7.58. The molecule has 0 spiro atoms. The monoisotopic (exact) mass is 730 g/mol. The maximum atomic E-state index is 5.39. The molecule has 2 aromatic heterocycles. The normalized spacial score (nSPS) is 12.8. The molecule has 0 bridgehead atoms. The van der Waals surface area contributed by atoms with E-state index in [4.69, 9.17) is 4.99 Å². The van der Waals surface area contributed by atoms with Crippen LogP contribution in [0.3, 0.4) is 0 Å². The predicted octanol–water partition coefficient (Wildman–Crippen LogP) is 13.8. The Bertz CT molecular complexity index is 3230. The molecular weight excluding hydrogens is 693 g/mol. The van der Waals surface area contributed by atoms with E-state index in [1.165, 1.54) is 66.1 Å². The van der Waals surface area contributed by atoms with Crippen LogP contribution in [0.15, 0.2) is 200 Å². The van der Waals surface area contributed by atoms with E-state index in [9.17, 15) is 0 Å². The molecule has 0 fully saturated rings. The van der Waals surface area contributed by atoms with Gasteiger partial charge in [0.05, 0.1) is 39.1 Å². The van der Waals surface area contributed by atoms with Crippen molar-refractivity contribution in [3.05, 3.63) is 206 Å². The molecule has 0 atom stereocenters. The Morgan fingerprint density at radius 3 is 1.63 bits per heavy atom. The average Bonchev–Trinajstić information content (AvgIpc) is 3.79. The highest BCUT2D eigenvalue weighted by molar-refractivity contribution is 6.22. The fourth-order valence-corrected chi connectivity index (χ4v) is 8.88. The molecule has 0 radical (unpaired) electrons. The molecule has 0 saturated carbocycles. The molecule has 10 aromatic rings. The third kappa shape index (κ3) is 5.18. The van der Waals surface area contributed by atoms with Gasteiger partial charge in [-0.2, -0.15) is 0 Å². The van der Waals surface area contributed by atoms with Gasteiger partial charge in [-0.25, -0.2) is 4.99 Å². The zero-order chi connectivity index (χ0) is 38.0. The number of fused-ring (bicyclic) bond motifs is 7. The van der Waals surface area contributed by atoms with E-state index in [-0.39, 0.29) is 0 Å². The number of nitrogens with zero attached hydrogens (tertiary/aromatic N) is 4. The lowest BCUT2D eigenvalue weighted by Gasteiger charge is -2.34. The van der Waals surface area contributed by atoms with Crippen molar-refractivity contribution in [1.29, 1.82) is 0 Å². The SMILES string of the molecule is C=C1c2ccccc2N=C(n2c3ccccc3c3cc(-c4ccc(-c5ccc6c(c5)c5ccccc5n6-c5ccccc5)cc4)ccc32)N1c1ccccc1CC. The molecular formula is C53H38N4. The minimum absolute atomic E-state index is 0.826. The van der Waals surface area contributed by atoms with Gasteiger partial charge in [0.15, 0.2) is 0 Å². The summed E-state index contributed by atoms with van der Waals surface area (Å²) in [5, 5.41) is 4.88. The van der Waals surface area contributed by atoms with Crippen LogP contribution in [-0.2, 0) is 6.42 Å². The van der Waals surface area contributed by atoms with E-state index < -0.39 is 0 Å². The van der Waals surface area contributed by atoms with Crippen LogP contribution in [-0.4, -0.2) is 15.1 Å². The third-order valence-corrected chi connectivity index (χ3v) is 11.6. The first kappa shape index (κ1) is 33.0. The van der Waals surface area contributed by atoms with Crippen LogP contribution in [0, 0.1) is 0 Å². The van der Waals surface area contributed by atoms with Crippen LogP contribution < -0.4 is 4.90 Å². The molecule has 270 valence electrons. The number of benzene rings is 8. The van der Waals surface area contributed by atoms with Crippen molar-refractivity contribution in [2.75, 3.05) is 4.90 Å². The van der Waals surface area contributed by atoms with Crippen LogP contribution in [0.2, 0.25) is 0 Å². The van der Waals surface area contributed by atoms with Crippen molar-refractivity contribution >= 4 is 66.6 Å². The van der Waals surface area contributed by atoms with Crippen LogP contribution >= 0.6 is 0 Å². The quantitative estimate of drug-likeness (QED) is 0.173. The minimum atomic E-state index is 0.826. The summed E-state index contributed by atoms with van der Waals surface area (Å²) in [4.78, 5) is 7.63. The number of para-hydroxylation sites is 5. The van der Waals surface area contributed by atoms with Crippen LogP contribution in [0.4, 0.5) is 11.4 Å². The molecule has 0 saturated heterocycles. The lowest BCUT2D eigenvalue weighted by molar-refractivity contribution is 1.09. The summed E-state index contributed by atoms with van der Waals surface area (Å²) in [6.07, 6.45) is 0.900. The maximum Gasteiger partial charge on any atom is 0.220 e. The van der Waals surface area contributed by atoms with Gasteiger partial charge in [0.2, 0.25) is 5.96 Å². The first-order chi connectivity index (χ1) is 28.2. The lowest BCUT2D eigenvalue weighted by atomic mass is 9.98. The Balaban J connectivity index is 1.01. The van der Waals surface area contributed by atoms with Gasteiger partial charge >= 0.3 is 0 Å². The van der Waals surface area contributed by atoms with Gasteiger partial charge in [-0.1, -0.05) is 141 Å². The summed E-state index contributed by atoms with van der Waals surface area (Å²) in [7, 11) is 0. The van der Waals surface area contributed by atoms with Crippen molar-refractivity contribution < 1.29 is 0 Å². The second-order valence-electron chi connectivity index (χ2n) is 14.8. The number of hydrogen-bond donors (Lipinski definition) is 0. The van der Waals surface area contributed by atoms with E-state index in [1.807, 2.05) is 0 Å². The summed E-state index contributed by atoms with van der Waals surface area (Å²) in [5.74, 6) is 0.826. The van der Waals surface area contributed by atoms with Crippen molar-refractivity contribution in [2.45, 2.75) is 13.3 Å². The van der Waals surface area contributed by atoms with Gasteiger partial charge in [-0.15, -0.1) is 0 Å². The molecule has 8 aromatic carbocycles. The first-order valence-electron chi connectivity index (χ1n) is 19.6. The zero-order valence-electron chi connectivity index (χ0n) is 31.6. The standard InChI is InChI=1S/C53H38N4/c1-3-36-15-7-12-22-48(36)55-35(2)42-18-8-11-21-47(42)54-53(55)57-50-24-14-10-20-44(50)46-34-40(30-32-52(46)57)38-27-25-37(26-28-38)39-29-31-51-45(33-39)43-19-9-13-23-49(43)56(51)41-16-5-4-6-17-41/h4-34H,2-3H2,1H3. The molecule has 0 aliphatic carbocycles. The van der Waals surface area contributed by atoms with Crippen molar-refractivity contribution in [2.24, 2.45) is 4.99 Å². The molecule has 1 aliphatic heterocycles. The van der Waals surface area contributed by atoms with Gasteiger partial charge < -0.3 is 4.57 Å². The Morgan fingerprint density at radius 2 is 0.965 bits per heavy atom. The lowest BCUT2D eigenvalue weighted by Crippen LogP contribution is -2.37. The second-order valence-corrected chi connectivity index (χ2v) is 14.8. The Morgan fingerprint density at radius 1 is 0.456 bits per heavy atom. The molecule has 4 heteroatoms. The largest absolute Gasteiger partial charge is 0.309 e. The summed E-state index contributed by atoms with van der Waals surface area (Å²) < 4.78 is 4.68. The van der Waals surface area contributed by atoms with Crippen LogP contribution in [0.25, 0.3) is 77.2 Å². The van der Waals surface area contributed by atoms with Gasteiger partial charge in [-0.3, -0.25) is 9.47 Å². The predicted molar refractivity (Wildman–Crippen MR) is 241 cm³/mol. The smallest absolute Gasteiger partial charge is 0.220 e. The number of anilines is 1. The first-order valence-corrected chi connectivity index (χ1v) is 19.6. The fraction of sp³-hybridized carbons (Fsp3) is 0.0377.